The Balaban J connectivity index is 2.00. The lowest BCUT2D eigenvalue weighted by atomic mass is 10.0. The van der Waals surface area contributed by atoms with Gasteiger partial charge in [-0.2, -0.15) is 0 Å². The van der Waals surface area contributed by atoms with Crippen molar-refractivity contribution >= 4 is 17.8 Å². The van der Waals surface area contributed by atoms with Gasteiger partial charge in [0, 0.05) is 0 Å². The summed E-state index contributed by atoms with van der Waals surface area (Å²) in [5.41, 5.74) is 5.66. The number of carbonyl (C=O) groups excluding carboxylic acids is 2. The zero-order valence-electron chi connectivity index (χ0n) is 12.4. The number of carboxylic acids is 1. The molecule has 0 unspecified atom stereocenters. The molecule has 124 valence electrons. The van der Waals surface area contributed by atoms with Gasteiger partial charge in [-0.3, -0.25) is 9.59 Å². The number of fused-ring (bicyclic) bond motifs is 1. The maximum Gasteiger partial charge on any atom is 0.329 e. The highest BCUT2D eigenvalue weighted by Crippen LogP contribution is 2.30. The number of nitrogens with two attached hydrogens (primary N) is 1. The Labute approximate surface area is 127 Å². The lowest BCUT2D eigenvalue weighted by Gasteiger charge is -2.31. The Morgan fingerprint density at radius 1 is 1.45 bits per heavy atom. The molecule has 9 heteroatoms. The summed E-state index contributed by atoms with van der Waals surface area (Å²) >= 11 is 0. The summed E-state index contributed by atoms with van der Waals surface area (Å²) in [7, 11) is 0. The first-order valence-corrected chi connectivity index (χ1v) is 7.14. The predicted octanol–water partition coefficient (Wildman–Crippen LogP) is -2.14. The van der Waals surface area contributed by atoms with Crippen molar-refractivity contribution in [3.05, 3.63) is 0 Å². The van der Waals surface area contributed by atoms with Crippen molar-refractivity contribution in [2.75, 3.05) is 6.54 Å². The molecule has 2 saturated heterocycles. The molecule has 0 radical (unpaired) electrons. The molecule has 5 N–H and O–H groups in total. The average Bonchev–Trinajstić information content (AvgIpc) is 2.79. The number of carboxylic acid groups (broad SMARTS) is 1. The molecule has 2 aliphatic heterocycles. The fourth-order valence-corrected chi connectivity index (χ4v) is 2.45. The van der Waals surface area contributed by atoms with Crippen LogP contribution in [0, 0.1) is 5.92 Å². The van der Waals surface area contributed by atoms with Gasteiger partial charge in [-0.15, -0.1) is 0 Å². The summed E-state index contributed by atoms with van der Waals surface area (Å²) in [6.45, 7) is 3.57. The molecule has 0 aromatic rings. The minimum Gasteiger partial charge on any atom is -0.480 e. The van der Waals surface area contributed by atoms with E-state index in [0.717, 1.165) is 0 Å². The van der Waals surface area contributed by atoms with Crippen LogP contribution in [-0.2, 0) is 19.1 Å². The van der Waals surface area contributed by atoms with Gasteiger partial charge in [-0.1, -0.05) is 13.8 Å². The third-order valence-corrected chi connectivity index (χ3v) is 4.03. The number of nitrogens with zero attached hydrogens (tertiary/aromatic N) is 1. The number of ether oxygens (including phenoxy) is 1. The van der Waals surface area contributed by atoms with Crippen LogP contribution in [0.4, 0.5) is 0 Å². The summed E-state index contributed by atoms with van der Waals surface area (Å²) in [6.07, 6.45) is -2.51. The van der Waals surface area contributed by atoms with Crippen LogP contribution in [0.5, 0.6) is 0 Å². The first-order chi connectivity index (χ1) is 10.2. The zero-order chi connectivity index (χ0) is 16.6. The number of aliphatic carboxylic acids is 1. The number of hydrogen-bond donors (Lipinski definition) is 4. The van der Waals surface area contributed by atoms with E-state index >= 15 is 0 Å². The van der Waals surface area contributed by atoms with Gasteiger partial charge in [0.25, 0.3) is 0 Å². The van der Waals surface area contributed by atoms with Gasteiger partial charge in [-0.25, -0.2) is 4.79 Å². The summed E-state index contributed by atoms with van der Waals surface area (Å²) in [5, 5.41) is 21.7. The number of nitrogens with one attached hydrogen (secondary N) is 1. The van der Waals surface area contributed by atoms with E-state index in [-0.39, 0.29) is 24.8 Å². The Bertz CT molecular complexity index is 482. The molecule has 2 fully saturated rings. The molecule has 2 aliphatic rings. The van der Waals surface area contributed by atoms with Gasteiger partial charge in [0.15, 0.2) is 6.04 Å². The Hall–Kier alpha value is -1.71. The van der Waals surface area contributed by atoms with Crippen LogP contribution in [0.3, 0.4) is 0 Å². The van der Waals surface area contributed by atoms with Gasteiger partial charge in [-0.05, 0) is 5.92 Å². The van der Waals surface area contributed by atoms with Crippen molar-refractivity contribution in [2.24, 2.45) is 11.7 Å². The third-order valence-electron chi connectivity index (χ3n) is 4.03. The highest BCUT2D eigenvalue weighted by Gasteiger charge is 2.49. The van der Waals surface area contributed by atoms with Crippen LogP contribution in [0.1, 0.15) is 20.3 Å². The third kappa shape index (κ3) is 3.06. The molecular formula is C13H21N3O6. The topological polar surface area (TPSA) is 142 Å². The summed E-state index contributed by atoms with van der Waals surface area (Å²) in [5.74, 6) is -2.31. The maximum atomic E-state index is 11.9. The Morgan fingerprint density at radius 2 is 2.09 bits per heavy atom. The Kier molecular flexibility index (Phi) is 4.69. The molecule has 5 atom stereocenters. The van der Waals surface area contributed by atoms with Crippen molar-refractivity contribution in [1.29, 1.82) is 0 Å². The van der Waals surface area contributed by atoms with Crippen molar-refractivity contribution < 1.29 is 29.3 Å². The van der Waals surface area contributed by atoms with Crippen molar-refractivity contribution in [3.63, 3.8) is 0 Å². The van der Waals surface area contributed by atoms with Crippen LogP contribution in [-0.4, -0.2) is 70.0 Å². The van der Waals surface area contributed by atoms with Crippen LogP contribution in [0.2, 0.25) is 0 Å². The second-order valence-electron chi connectivity index (χ2n) is 5.96. The number of amides is 2. The molecule has 0 bridgehead atoms. The molecule has 2 heterocycles. The molecule has 0 saturated carbocycles. The molecule has 0 spiro atoms. The number of aliphatic hydroxyl groups is 1. The molecular weight excluding hydrogens is 294 g/mol. The molecule has 2 amide bonds. The SMILES string of the molecule is CC(C)[C@H](N)C(=O)N[C@@H](C(=O)O)[C@@H](O)[C@@H]1CN2C(=O)C[C@H]2O1. The monoisotopic (exact) mass is 315 g/mol. The first kappa shape index (κ1) is 16.7. The number of aliphatic hydroxyl groups excluding tert-OH is 1. The largest absolute Gasteiger partial charge is 0.480 e. The molecule has 9 nitrogen and oxygen atoms in total. The average molecular weight is 315 g/mol. The highest BCUT2D eigenvalue weighted by molar-refractivity contribution is 5.87. The van der Waals surface area contributed by atoms with Crippen molar-refractivity contribution in [2.45, 2.75) is 50.8 Å². The van der Waals surface area contributed by atoms with Crippen molar-refractivity contribution in [1.82, 2.24) is 10.2 Å². The number of hydrogen-bond acceptors (Lipinski definition) is 6. The standard InChI is InChI=1S/C13H21N3O6/c1-5(2)9(14)12(19)15-10(13(20)21)11(18)6-4-16-7(17)3-8(16)22-6/h5-6,8-11,18H,3-4,14H2,1-2H3,(H,15,19)(H,20,21)/t6-,8+,9-,10+,11-/m0/s1. The number of rotatable bonds is 6. The Morgan fingerprint density at radius 3 is 2.55 bits per heavy atom. The van der Waals surface area contributed by atoms with E-state index in [1.54, 1.807) is 13.8 Å². The van der Waals surface area contributed by atoms with Gasteiger partial charge in [0.2, 0.25) is 11.8 Å². The van der Waals surface area contributed by atoms with Crippen LogP contribution in [0.25, 0.3) is 0 Å². The van der Waals surface area contributed by atoms with E-state index < -0.39 is 42.4 Å². The quantitative estimate of drug-likeness (QED) is 0.410. The fourth-order valence-electron chi connectivity index (χ4n) is 2.45. The predicted molar refractivity (Wildman–Crippen MR) is 73.4 cm³/mol. The normalized spacial score (nSPS) is 27.9. The van der Waals surface area contributed by atoms with E-state index in [4.69, 9.17) is 10.5 Å². The summed E-state index contributed by atoms with van der Waals surface area (Å²) < 4.78 is 5.42. The summed E-state index contributed by atoms with van der Waals surface area (Å²) in [6, 6.07) is -2.42. The van der Waals surface area contributed by atoms with Crippen LogP contribution < -0.4 is 11.1 Å². The molecule has 2 rings (SSSR count). The van der Waals surface area contributed by atoms with Crippen molar-refractivity contribution in [3.8, 4) is 0 Å². The summed E-state index contributed by atoms with van der Waals surface area (Å²) in [4.78, 5) is 35.9. The molecule has 0 aliphatic carbocycles. The minimum atomic E-state index is -1.55. The van der Waals surface area contributed by atoms with E-state index in [0.29, 0.717) is 0 Å². The fraction of sp³-hybridized carbons (Fsp3) is 0.769. The van der Waals surface area contributed by atoms with E-state index in [2.05, 4.69) is 5.32 Å². The highest BCUT2D eigenvalue weighted by atomic mass is 16.5. The second-order valence-corrected chi connectivity index (χ2v) is 5.96. The van der Waals surface area contributed by atoms with Crippen LogP contribution >= 0.6 is 0 Å². The smallest absolute Gasteiger partial charge is 0.329 e. The van der Waals surface area contributed by atoms with Crippen LogP contribution in [0.15, 0.2) is 0 Å². The second kappa shape index (κ2) is 6.19. The van der Waals surface area contributed by atoms with Gasteiger partial charge in [0.05, 0.1) is 19.0 Å². The zero-order valence-corrected chi connectivity index (χ0v) is 12.4. The first-order valence-electron chi connectivity index (χ1n) is 7.14. The van der Waals surface area contributed by atoms with Gasteiger partial charge < -0.3 is 30.9 Å². The lowest BCUT2D eigenvalue weighted by Crippen LogP contribution is -2.57. The number of carbonyl (C=O) groups is 3. The number of β-lactam (4-membered cyclic amide) rings is 1. The van der Waals surface area contributed by atoms with E-state index in [1.807, 2.05) is 0 Å². The van der Waals surface area contributed by atoms with E-state index in [9.17, 15) is 24.6 Å². The molecule has 22 heavy (non-hydrogen) atoms. The molecule has 0 aromatic carbocycles. The maximum absolute atomic E-state index is 11.9. The lowest BCUT2D eigenvalue weighted by molar-refractivity contribution is -0.161. The molecule has 0 aromatic heterocycles. The van der Waals surface area contributed by atoms with Gasteiger partial charge >= 0.3 is 5.97 Å². The minimum absolute atomic E-state index is 0.0996. The van der Waals surface area contributed by atoms with E-state index in [1.165, 1.54) is 4.90 Å². The van der Waals surface area contributed by atoms with Gasteiger partial charge in [0.1, 0.15) is 18.4 Å².